The van der Waals surface area contributed by atoms with Crippen molar-refractivity contribution in [2.24, 2.45) is 0 Å². The molecule has 10 heteroatoms. The summed E-state index contributed by atoms with van der Waals surface area (Å²) < 4.78 is 31.4. The van der Waals surface area contributed by atoms with Gasteiger partial charge in [0.1, 0.15) is 0 Å². The number of ether oxygens (including phenoxy) is 1. The number of carbonyl (C=O) groups is 1. The van der Waals surface area contributed by atoms with Crippen molar-refractivity contribution in [1.29, 1.82) is 0 Å². The monoisotopic (exact) mass is 393 g/mol. The highest BCUT2D eigenvalue weighted by Crippen LogP contribution is 2.22. The molecule has 0 aliphatic carbocycles. The van der Waals surface area contributed by atoms with E-state index < -0.39 is 20.9 Å². The van der Waals surface area contributed by atoms with Gasteiger partial charge in [-0.1, -0.05) is 6.07 Å². The van der Waals surface area contributed by atoms with E-state index in [0.29, 0.717) is 5.69 Å². The van der Waals surface area contributed by atoms with Crippen molar-refractivity contribution < 1.29 is 22.9 Å². The van der Waals surface area contributed by atoms with Gasteiger partial charge in [-0.05, 0) is 37.3 Å². The first-order valence-corrected chi connectivity index (χ1v) is 9.38. The van der Waals surface area contributed by atoms with E-state index in [4.69, 9.17) is 4.74 Å². The molecule has 9 nitrogen and oxygen atoms in total. The lowest BCUT2D eigenvalue weighted by atomic mass is 10.1. The quantitative estimate of drug-likeness (QED) is 0.401. The molecule has 1 amide bonds. The van der Waals surface area contributed by atoms with Crippen molar-refractivity contribution in [3.63, 3.8) is 0 Å². The van der Waals surface area contributed by atoms with Crippen LogP contribution < -0.4 is 10.0 Å². The van der Waals surface area contributed by atoms with Gasteiger partial charge in [-0.15, -0.1) is 0 Å². The highest BCUT2D eigenvalue weighted by molar-refractivity contribution is 7.89. The summed E-state index contributed by atoms with van der Waals surface area (Å²) >= 11 is 0. The van der Waals surface area contributed by atoms with Crippen LogP contribution in [0.2, 0.25) is 0 Å². The fourth-order valence-electron chi connectivity index (χ4n) is 2.34. The van der Waals surface area contributed by atoms with E-state index in [1.807, 2.05) is 0 Å². The number of hydrogen-bond acceptors (Lipinski definition) is 6. The predicted molar refractivity (Wildman–Crippen MR) is 99.3 cm³/mol. The first kappa shape index (κ1) is 20.5. The Morgan fingerprint density at radius 1 is 1.19 bits per heavy atom. The number of nitro benzene ring substituents is 1. The molecule has 2 aromatic rings. The predicted octanol–water partition coefficient (Wildman–Crippen LogP) is 2.08. The van der Waals surface area contributed by atoms with Crippen molar-refractivity contribution in [3.8, 4) is 0 Å². The largest absolute Gasteiger partial charge is 0.383 e. The highest BCUT2D eigenvalue weighted by atomic mass is 32.2. The van der Waals surface area contributed by atoms with Crippen molar-refractivity contribution in [1.82, 2.24) is 4.72 Å². The van der Waals surface area contributed by atoms with Gasteiger partial charge in [-0.2, -0.15) is 0 Å². The summed E-state index contributed by atoms with van der Waals surface area (Å²) in [6, 6.07) is 9.82. The van der Waals surface area contributed by atoms with Gasteiger partial charge in [-0.25, -0.2) is 13.1 Å². The second-order valence-corrected chi connectivity index (χ2v) is 7.34. The maximum absolute atomic E-state index is 12.4. The van der Waals surface area contributed by atoms with Crippen molar-refractivity contribution >= 4 is 27.3 Å². The lowest BCUT2D eigenvalue weighted by Gasteiger charge is -2.10. The average Bonchev–Trinajstić information content (AvgIpc) is 2.62. The average molecular weight is 393 g/mol. The second kappa shape index (κ2) is 8.71. The zero-order chi connectivity index (χ0) is 20.0. The van der Waals surface area contributed by atoms with E-state index in [1.165, 1.54) is 56.5 Å². The number of benzene rings is 2. The van der Waals surface area contributed by atoms with Crippen LogP contribution in [-0.4, -0.2) is 39.5 Å². The van der Waals surface area contributed by atoms with E-state index in [2.05, 4.69) is 10.0 Å². The minimum absolute atomic E-state index is 0.0446. The van der Waals surface area contributed by atoms with Crippen LogP contribution in [0.4, 0.5) is 11.4 Å². The van der Waals surface area contributed by atoms with Gasteiger partial charge in [0.05, 0.1) is 16.4 Å². The smallest absolute Gasteiger partial charge is 0.273 e. The van der Waals surface area contributed by atoms with Gasteiger partial charge in [0, 0.05) is 36.5 Å². The minimum Gasteiger partial charge on any atom is -0.383 e. The lowest BCUT2D eigenvalue weighted by Crippen LogP contribution is -2.27. The number of nitro groups is 1. The Labute approximate surface area is 156 Å². The highest BCUT2D eigenvalue weighted by Gasteiger charge is 2.18. The molecule has 0 aromatic heterocycles. The van der Waals surface area contributed by atoms with E-state index in [-0.39, 0.29) is 34.9 Å². The van der Waals surface area contributed by atoms with Crippen LogP contribution in [0, 0.1) is 17.0 Å². The molecule has 0 spiro atoms. The second-order valence-electron chi connectivity index (χ2n) is 5.58. The Bertz CT molecular complexity index is 942. The van der Waals surface area contributed by atoms with Gasteiger partial charge >= 0.3 is 0 Å². The van der Waals surface area contributed by atoms with E-state index in [1.54, 1.807) is 0 Å². The van der Waals surface area contributed by atoms with E-state index in [0.717, 1.165) is 0 Å². The number of anilines is 1. The summed E-state index contributed by atoms with van der Waals surface area (Å²) in [4.78, 5) is 22.9. The van der Waals surface area contributed by atoms with Crippen LogP contribution in [0.1, 0.15) is 15.9 Å². The summed E-state index contributed by atoms with van der Waals surface area (Å²) in [5, 5.41) is 13.6. The van der Waals surface area contributed by atoms with E-state index in [9.17, 15) is 23.3 Å². The maximum Gasteiger partial charge on any atom is 0.273 e. The van der Waals surface area contributed by atoms with Gasteiger partial charge in [0.25, 0.3) is 11.6 Å². The normalized spacial score (nSPS) is 11.2. The molecule has 2 rings (SSSR count). The lowest BCUT2D eigenvalue weighted by molar-refractivity contribution is -0.385. The molecule has 27 heavy (non-hydrogen) atoms. The molecule has 0 heterocycles. The minimum atomic E-state index is -3.67. The molecular formula is C17H19N3O6S. The van der Waals surface area contributed by atoms with Gasteiger partial charge in [-0.3, -0.25) is 14.9 Å². The summed E-state index contributed by atoms with van der Waals surface area (Å²) in [6.45, 7) is 1.88. The van der Waals surface area contributed by atoms with Gasteiger partial charge < -0.3 is 10.1 Å². The SMILES string of the molecule is COCCNS(=O)(=O)c1ccc(NC(=O)c2cccc([N+](=O)[O-])c2C)cc1. The number of nitrogens with one attached hydrogen (secondary N) is 2. The zero-order valence-electron chi connectivity index (χ0n) is 14.8. The van der Waals surface area contributed by atoms with Crippen LogP contribution in [-0.2, 0) is 14.8 Å². The van der Waals surface area contributed by atoms with Crippen LogP contribution >= 0.6 is 0 Å². The fourth-order valence-corrected chi connectivity index (χ4v) is 3.36. The number of sulfonamides is 1. The third-order valence-corrected chi connectivity index (χ3v) is 5.24. The number of rotatable bonds is 8. The van der Waals surface area contributed by atoms with Crippen LogP contribution in [0.25, 0.3) is 0 Å². The van der Waals surface area contributed by atoms with Crippen LogP contribution in [0.3, 0.4) is 0 Å². The molecule has 2 aromatic carbocycles. The van der Waals surface area contributed by atoms with Gasteiger partial charge in [0.2, 0.25) is 10.0 Å². The Kier molecular flexibility index (Phi) is 6.61. The van der Waals surface area contributed by atoms with Crippen LogP contribution in [0.5, 0.6) is 0 Å². The summed E-state index contributed by atoms with van der Waals surface area (Å²) in [7, 11) is -2.20. The third-order valence-electron chi connectivity index (χ3n) is 3.77. The summed E-state index contributed by atoms with van der Waals surface area (Å²) in [5.41, 5.74) is 0.636. The fraction of sp³-hybridized carbons (Fsp3) is 0.235. The maximum atomic E-state index is 12.4. The molecule has 0 unspecified atom stereocenters. The molecule has 2 N–H and O–H groups in total. The summed E-state index contributed by atoms with van der Waals surface area (Å²) in [5.74, 6) is -0.523. The molecule has 0 saturated heterocycles. The summed E-state index contributed by atoms with van der Waals surface area (Å²) in [6.07, 6.45) is 0. The molecule has 0 atom stereocenters. The number of amides is 1. The number of methoxy groups -OCH3 is 1. The molecule has 0 aliphatic rings. The van der Waals surface area contributed by atoms with E-state index >= 15 is 0 Å². The van der Waals surface area contributed by atoms with Crippen molar-refractivity contribution in [2.75, 3.05) is 25.6 Å². The topological polar surface area (TPSA) is 128 Å². The Morgan fingerprint density at radius 3 is 2.44 bits per heavy atom. The zero-order valence-corrected chi connectivity index (χ0v) is 15.6. The molecule has 144 valence electrons. The molecule has 0 bridgehead atoms. The number of hydrogen-bond donors (Lipinski definition) is 2. The van der Waals surface area contributed by atoms with Crippen LogP contribution in [0.15, 0.2) is 47.4 Å². The first-order chi connectivity index (χ1) is 12.8. The van der Waals surface area contributed by atoms with Gasteiger partial charge in [0.15, 0.2) is 0 Å². The first-order valence-electron chi connectivity index (χ1n) is 7.90. The molecule has 0 saturated carbocycles. The molecule has 0 fully saturated rings. The standard InChI is InChI=1S/C17H19N3O6S/c1-12-15(4-3-5-16(12)20(22)23)17(21)19-13-6-8-14(9-7-13)27(24,25)18-10-11-26-2/h3-9,18H,10-11H2,1-2H3,(H,19,21). The van der Waals surface area contributed by atoms with Crippen molar-refractivity contribution in [3.05, 3.63) is 63.7 Å². The molecular weight excluding hydrogens is 374 g/mol. The Balaban J connectivity index is 2.14. The third kappa shape index (κ3) is 5.09. The Hall–Kier alpha value is -2.82. The Morgan fingerprint density at radius 2 is 1.85 bits per heavy atom. The number of nitrogens with zero attached hydrogens (tertiary/aromatic N) is 1. The molecule has 0 aliphatic heterocycles. The van der Waals surface area contributed by atoms with Crippen molar-refractivity contribution in [2.45, 2.75) is 11.8 Å². The molecule has 0 radical (unpaired) electrons. The number of carbonyl (C=O) groups excluding carboxylic acids is 1.